The van der Waals surface area contributed by atoms with Gasteiger partial charge in [-0.3, -0.25) is 9.78 Å². The molecule has 102 valence electrons. The van der Waals surface area contributed by atoms with Crippen molar-refractivity contribution in [2.75, 3.05) is 14.1 Å². The summed E-state index contributed by atoms with van der Waals surface area (Å²) in [6.45, 7) is 1.60. The molecule has 3 nitrogen and oxygen atoms in total. The maximum absolute atomic E-state index is 12.2. The average molecular weight is 266 g/mol. The second kappa shape index (κ2) is 6.15. The Hall–Kier alpha value is -2.42. The van der Waals surface area contributed by atoms with E-state index in [0.29, 0.717) is 5.57 Å². The first-order chi connectivity index (χ1) is 9.61. The molecule has 0 bridgehead atoms. The van der Waals surface area contributed by atoms with Crippen molar-refractivity contribution in [2.24, 2.45) is 0 Å². The zero-order valence-corrected chi connectivity index (χ0v) is 12.0. The zero-order valence-electron chi connectivity index (χ0n) is 12.0. The van der Waals surface area contributed by atoms with Crippen LogP contribution in [0.15, 0.2) is 54.9 Å². The fourth-order valence-electron chi connectivity index (χ4n) is 2.25. The third-order valence-electron chi connectivity index (χ3n) is 3.05. The van der Waals surface area contributed by atoms with Crippen molar-refractivity contribution in [3.05, 3.63) is 66.0 Å². The van der Waals surface area contributed by atoms with E-state index in [9.17, 15) is 4.79 Å². The van der Waals surface area contributed by atoms with Crippen LogP contribution in [0.5, 0.6) is 0 Å². The quantitative estimate of drug-likeness (QED) is 0.797. The number of nitrogens with zero attached hydrogens (tertiary/aromatic N) is 2. The summed E-state index contributed by atoms with van der Waals surface area (Å²) in [4.78, 5) is 18.2. The number of benzene rings is 1. The van der Waals surface area contributed by atoms with Crippen LogP contribution in [0.1, 0.15) is 18.1 Å². The van der Waals surface area contributed by atoms with Crippen molar-refractivity contribution in [3.8, 4) is 0 Å². The second-order valence-electron chi connectivity index (χ2n) is 4.78. The van der Waals surface area contributed by atoms with Gasteiger partial charge in [-0.05, 0) is 30.2 Å². The van der Waals surface area contributed by atoms with Gasteiger partial charge >= 0.3 is 0 Å². The molecule has 0 radical (unpaired) electrons. The third kappa shape index (κ3) is 2.94. The Labute approximate surface area is 119 Å². The number of Topliss-reactive ketones (excluding diaryl/α,β-unsaturated/α-hetero) is 1. The van der Waals surface area contributed by atoms with Gasteiger partial charge in [0.2, 0.25) is 0 Å². The first kappa shape index (κ1) is 14.0. The van der Waals surface area contributed by atoms with Gasteiger partial charge in [-0.2, -0.15) is 0 Å². The fourth-order valence-corrected chi connectivity index (χ4v) is 2.25. The van der Waals surface area contributed by atoms with E-state index >= 15 is 0 Å². The summed E-state index contributed by atoms with van der Waals surface area (Å²) in [5.74, 6) is 0.0451. The van der Waals surface area contributed by atoms with Crippen LogP contribution in [-0.4, -0.2) is 29.8 Å². The molecule has 0 saturated heterocycles. The molecule has 0 saturated carbocycles. The van der Waals surface area contributed by atoms with Gasteiger partial charge in [-0.15, -0.1) is 0 Å². The number of rotatable bonds is 4. The number of hydrogen-bond donors (Lipinski definition) is 0. The van der Waals surface area contributed by atoms with Gasteiger partial charge < -0.3 is 4.90 Å². The number of allylic oxidation sites excluding steroid dienone is 1. The Bertz CT molecular complexity index is 616. The van der Waals surface area contributed by atoms with Gasteiger partial charge in [-0.25, -0.2) is 0 Å². The zero-order chi connectivity index (χ0) is 14.5. The van der Waals surface area contributed by atoms with E-state index in [1.54, 1.807) is 19.3 Å². The molecule has 3 heteroatoms. The Morgan fingerprint density at radius 2 is 1.55 bits per heavy atom. The number of ketones is 1. The molecule has 0 spiro atoms. The van der Waals surface area contributed by atoms with Crippen molar-refractivity contribution in [1.29, 1.82) is 0 Å². The van der Waals surface area contributed by atoms with E-state index in [4.69, 9.17) is 0 Å². The van der Waals surface area contributed by atoms with Crippen LogP contribution in [-0.2, 0) is 4.79 Å². The molecular weight excluding hydrogens is 248 g/mol. The Morgan fingerprint density at radius 3 is 2.05 bits per heavy atom. The molecule has 0 atom stereocenters. The molecular formula is C17H18N2O. The van der Waals surface area contributed by atoms with E-state index < -0.39 is 0 Å². The first-order valence-corrected chi connectivity index (χ1v) is 6.49. The molecule has 0 unspecified atom stereocenters. The topological polar surface area (TPSA) is 33.2 Å². The van der Waals surface area contributed by atoms with Gasteiger partial charge in [0.25, 0.3) is 0 Å². The highest BCUT2D eigenvalue weighted by Gasteiger charge is 2.17. The van der Waals surface area contributed by atoms with Crippen LogP contribution in [0.25, 0.3) is 11.3 Å². The molecule has 2 aromatic rings. The van der Waals surface area contributed by atoms with Crippen LogP contribution in [0.3, 0.4) is 0 Å². The summed E-state index contributed by atoms with van der Waals surface area (Å²) in [5.41, 5.74) is 3.55. The van der Waals surface area contributed by atoms with Crippen molar-refractivity contribution < 1.29 is 4.79 Å². The predicted molar refractivity (Wildman–Crippen MR) is 81.9 cm³/mol. The van der Waals surface area contributed by atoms with E-state index in [0.717, 1.165) is 16.8 Å². The third-order valence-corrected chi connectivity index (χ3v) is 3.05. The first-order valence-electron chi connectivity index (χ1n) is 6.49. The molecule has 0 aliphatic heterocycles. The smallest absolute Gasteiger partial charge is 0.162 e. The molecule has 20 heavy (non-hydrogen) atoms. The molecule has 1 aromatic carbocycles. The largest absolute Gasteiger partial charge is 0.377 e. The second-order valence-corrected chi connectivity index (χ2v) is 4.78. The summed E-state index contributed by atoms with van der Waals surface area (Å²) < 4.78 is 0. The molecule has 0 fully saturated rings. The van der Waals surface area contributed by atoms with Gasteiger partial charge in [0.15, 0.2) is 5.78 Å². The van der Waals surface area contributed by atoms with Crippen molar-refractivity contribution in [2.45, 2.75) is 6.92 Å². The number of carbonyl (C=O) groups is 1. The van der Waals surface area contributed by atoms with Gasteiger partial charge in [-0.1, -0.05) is 30.3 Å². The molecule has 2 rings (SSSR count). The minimum absolute atomic E-state index is 0.0451. The Kier molecular flexibility index (Phi) is 4.31. The lowest BCUT2D eigenvalue weighted by Crippen LogP contribution is -2.15. The van der Waals surface area contributed by atoms with Crippen molar-refractivity contribution >= 4 is 17.1 Å². The minimum Gasteiger partial charge on any atom is -0.377 e. The highest BCUT2D eigenvalue weighted by Crippen LogP contribution is 2.28. The van der Waals surface area contributed by atoms with Crippen LogP contribution >= 0.6 is 0 Å². The number of aromatic nitrogens is 1. The molecule has 0 aliphatic rings. The SMILES string of the molecule is CC(=O)/C(=C(/c1ccccc1)N(C)C)c1ccncc1. The summed E-state index contributed by atoms with van der Waals surface area (Å²) >= 11 is 0. The van der Waals surface area contributed by atoms with E-state index in [1.165, 1.54) is 0 Å². The number of hydrogen-bond acceptors (Lipinski definition) is 3. The highest BCUT2D eigenvalue weighted by molar-refractivity contribution is 6.26. The lowest BCUT2D eigenvalue weighted by atomic mass is 9.97. The lowest BCUT2D eigenvalue weighted by Gasteiger charge is -2.21. The monoisotopic (exact) mass is 266 g/mol. The number of pyridine rings is 1. The van der Waals surface area contributed by atoms with Crippen molar-refractivity contribution in [1.82, 2.24) is 9.88 Å². The van der Waals surface area contributed by atoms with Crippen LogP contribution in [0.2, 0.25) is 0 Å². The van der Waals surface area contributed by atoms with Crippen LogP contribution in [0.4, 0.5) is 0 Å². The molecule has 0 N–H and O–H groups in total. The van der Waals surface area contributed by atoms with Gasteiger partial charge in [0.05, 0.1) is 5.70 Å². The van der Waals surface area contributed by atoms with Crippen molar-refractivity contribution in [3.63, 3.8) is 0 Å². The fraction of sp³-hybridized carbons (Fsp3) is 0.176. The average Bonchev–Trinajstić information content (AvgIpc) is 2.45. The maximum Gasteiger partial charge on any atom is 0.162 e. The maximum atomic E-state index is 12.2. The van der Waals surface area contributed by atoms with Gasteiger partial charge in [0.1, 0.15) is 0 Å². The van der Waals surface area contributed by atoms with Crippen LogP contribution < -0.4 is 0 Å². The molecule has 1 heterocycles. The summed E-state index contributed by atoms with van der Waals surface area (Å²) in [7, 11) is 3.90. The normalized spacial score (nSPS) is 11.8. The van der Waals surface area contributed by atoms with E-state index in [2.05, 4.69) is 4.98 Å². The van der Waals surface area contributed by atoms with Crippen LogP contribution in [0, 0.1) is 0 Å². The molecule has 0 aliphatic carbocycles. The van der Waals surface area contributed by atoms with E-state index in [1.807, 2.05) is 61.5 Å². The highest BCUT2D eigenvalue weighted by atomic mass is 16.1. The van der Waals surface area contributed by atoms with E-state index in [-0.39, 0.29) is 5.78 Å². The summed E-state index contributed by atoms with van der Waals surface area (Å²) in [6.07, 6.45) is 3.41. The number of carbonyl (C=O) groups excluding carboxylic acids is 1. The molecule has 0 amide bonds. The Morgan fingerprint density at radius 1 is 0.950 bits per heavy atom. The minimum atomic E-state index is 0.0451. The summed E-state index contributed by atoms with van der Waals surface area (Å²) in [6, 6.07) is 13.7. The molecule has 1 aromatic heterocycles. The lowest BCUT2D eigenvalue weighted by molar-refractivity contribution is -0.111. The summed E-state index contributed by atoms with van der Waals surface area (Å²) in [5, 5.41) is 0. The standard InChI is InChI=1S/C17H18N2O/c1-13(20)16(14-9-11-18-12-10-14)17(19(2)3)15-7-5-4-6-8-15/h4-12H,1-3H3/b17-16+. The Balaban J connectivity index is 2.71. The van der Waals surface area contributed by atoms with Gasteiger partial charge in [0, 0.05) is 32.1 Å². The predicted octanol–water partition coefficient (Wildman–Crippen LogP) is 3.10.